The van der Waals surface area contributed by atoms with Crippen LogP contribution in [0.1, 0.15) is 34.1 Å². The fraction of sp³-hybridized carbons (Fsp3) is 0.143. The second-order valence-electron chi connectivity index (χ2n) is 3.26. The number of benzene rings is 1. The number of aromatic carboxylic acids is 2. The van der Waals surface area contributed by atoms with Crippen molar-refractivity contribution in [3.8, 4) is 0 Å². The third-order valence-corrected chi connectivity index (χ3v) is 1.89. The van der Waals surface area contributed by atoms with Crippen LogP contribution in [0.3, 0.4) is 0 Å². The summed E-state index contributed by atoms with van der Waals surface area (Å²) in [7, 11) is 0. The second-order valence-corrected chi connectivity index (χ2v) is 3.26. The number of rotatable bonds is 4. The molecule has 0 aliphatic heterocycles. The summed E-state index contributed by atoms with van der Waals surface area (Å²) in [6.07, 6.45) is 6.89. The minimum Gasteiger partial charge on any atom is -0.478 e. The van der Waals surface area contributed by atoms with Gasteiger partial charge >= 0.3 is 11.9 Å². The highest BCUT2D eigenvalue weighted by molar-refractivity contribution is 5.91. The molecule has 2 N–H and O–H groups in total. The van der Waals surface area contributed by atoms with E-state index in [1.165, 1.54) is 24.3 Å². The van der Waals surface area contributed by atoms with Crippen molar-refractivity contribution in [3.05, 3.63) is 60.2 Å². The van der Waals surface area contributed by atoms with Crippen molar-refractivity contribution in [2.45, 2.75) is 13.3 Å². The summed E-state index contributed by atoms with van der Waals surface area (Å²) in [4.78, 5) is 20.7. The minimum atomic E-state index is -1.06. The third kappa shape index (κ3) is 6.27. The zero-order valence-corrected chi connectivity index (χ0v) is 10.2. The summed E-state index contributed by atoms with van der Waals surface area (Å²) in [6, 6.07) is 5.02. The molecule has 0 heterocycles. The fourth-order valence-corrected chi connectivity index (χ4v) is 0.988. The molecule has 1 aromatic carbocycles. The van der Waals surface area contributed by atoms with Crippen molar-refractivity contribution in [3.63, 3.8) is 0 Å². The lowest BCUT2D eigenvalue weighted by atomic mass is 10.1. The molecule has 1 aromatic rings. The third-order valence-electron chi connectivity index (χ3n) is 1.89. The number of hydrogen-bond acceptors (Lipinski definition) is 2. The quantitative estimate of drug-likeness (QED) is 0.802. The molecule has 0 fully saturated rings. The lowest BCUT2D eigenvalue weighted by Crippen LogP contribution is -1.99. The fourth-order valence-electron chi connectivity index (χ4n) is 0.988. The van der Waals surface area contributed by atoms with E-state index < -0.39 is 11.9 Å². The summed E-state index contributed by atoms with van der Waals surface area (Å²) in [5, 5.41) is 16.9. The van der Waals surface area contributed by atoms with Crippen LogP contribution in [0.15, 0.2) is 49.1 Å². The zero-order chi connectivity index (χ0) is 14.0. The van der Waals surface area contributed by atoms with Gasteiger partial charge < -0.3 is 10.2 Å². The molecule has 0 spiro atoms. The van der Waals surface area contributed by atoms with Gasteiger partial charge in [-0.25, -0.2) is 9.59 Å². The molecule has 0 saturated heterocycles. The first-order valence-corrected chi connectivity index (χ1v) is 5.37. The van der Waals surface area contributed by atoms with Gasteiger partial charge in [0.15, 0.2) is 0 Å². The Bertz CT molecular complexity index is 397. The van der Waals surface area contributed by atoms with Crippen LogP contribution in [0.5, 0.6) is 0 Å². The standard InChI is InChI=1S/C8H6O4.C6H10/c9-7(10)5-1-2-6(4-3-5)8(11)12;1-3-5-6-4-2/h1-4H,(H,9,10)(H,11,12);3,5-6H,1,4H2,2H3. The number of carbonyl (C=O) groups is 2. The summed E-state index contributed by atoms with van der Waals surface area (Å²) >= 11 is 0. The smallest absolute Gasteiger partial charge is 0.335 e. The van der Waals surface area contributed by atoms with Gasteiger partial charge in [-0.1, -0.05) is 31.7 Å². The van der Waals surface area contributed by atoms with Gasteiger partial charge in [0, 0.05) is 0 Å². The summed E-state index contributed by atoms with van der Waals surface area (Å²) in [5.41, 5.74) is 0.167. The Labute approximate surface area is 106 Å². The topological polar surface area (TPSA) is 74.6 Å². The Morgan fingerprint density at radius 2 is 1.50 bits per heavy atom. The Kier molecular flexibility index (Phi) is 7.61. The number of hydrogen-bond donors (Lipinski definition) is 2. The van der Waals surface area contributed by atoms with Crippen LogP contribution >= 0.6 is 0 Å². The van der Waals surface area contributed by atoms with Crippen LogP contribution < -0.4 is 0 Å². The molecule has 0 aromatic heterocycles. The van der Waals surface area contributed by atoms with E-state index in [1.54, 1.807) is 6.08 Å². The Hall–Kier alpha value is -2.36. The van der Waals surface area contributed by atoms with Crippen molar-refractivity contribution in [2.24, 2.45) is 0 Å². The van der Waals surface area contributed by atoms with Crippen LogP contribution in [0, 0.1) is 0 Å². The number of allylic oxidation sites excluding steroid dienone is 3. The number of carboxylic acid groups (broad SMARTS) is 2. The van der Waals surface area contributed by atoms with Crippen molar-refractivity contribution in [2.75, 3.05) is 0 Å². The predicted octanol–water partition coefficient (Wildman–Crippen LogP) is 3.22. The lowest BCUT2D eigenvalue weighted by Gasteiger charge is -1.94. The van der Waals surface area contributed by atoms with Gasteiger partial charge in [-0.15, -0.1) is 0 Å². The van der Waals surface area contributed by atoms with E-state index in [1.807, 2.05) is 6.08 Å². The van der Waals surface area contributed by atoms with Crippen molar-refractivity contribution in [1.29, 1.82) is 0 Å². The van der Waals surface area contributed by atoms with Gasteiger partial charge in [0.05, 0.1) is 11.1 Å². The van der Waals surface area contributed by atoms with E-state index >= 15 is 0 Å². The molecule has 4 heteroatoms. The minimum absolute atomic E-state index is 0.0833. The molecule has 0 radical (unpaired) electrons. The largest absolute Gasteiger partial charge is 0.478 e. The van der Waals surface area contributed by atoms with E-state index in [9.17, 15) is 9.59 Å². The molecule has 0 atom stereocenters. The summed E-state index contributed by atoms with van der Waals surface area (Å²) in [6.45, 7) is 5.61. The van der Waals surface area contributed by atoms with Crippen LogP contribution in [0.2, 0.25) is 0 Å². The first kappa shape index (κ1) is 15.6. The van der Waals surface area contributed by atoms with Crippen LogP contribution in [-0.2, 0) is 0 Å². The van der Waals surface area contributed by atoms with Crippen molar-refractivity contribution >= 4 is 11.9 Å². The molecule has 96 valence electrons. The molecule has 0 amide bonds. The molecule has 0 aliphatic rings. The monoisotopic (exact) mass is 248 g/mol. The van der Waals surface area contributed by atoms with Crippen LogP contribution in [0.4, 0.5) is 0 Å². The van der Waals surface area contributed by atoms with E-state index in [0.29, 0.717) is 0 Å². The number of carboxylic acids is 2. The van der Waals surface area contributed by atoms with E-state index in [0.717, 1.165) is 6.42 Å². The average molecular weight is 248 g/mol. The predicted molar refractivity (Wildman–Crippen MR) is 70.0 cm³/mol. The van der Waals surface area contributed by atoms with Crippen molar-refractivity contribution < 1.29 is 19.8 Å². The molecule has 4 nitrogen and oxygen atoms in total. The average Bonchev–Trinajstić information content (AvgIpc) is 2.37. The normalized spacial score (nSPS) is 9.39. The van der Waals surface area contributed by atoms with Crippen LogP contribution in [-0.4, -0.2) is 22.2 Å². The van der Waals surface area contributed by atoms with Gasteiger partial charge in [0.2, 0.25) is 0 Å². The maximum Gasteiger partial charge on any atom is 0.335 e. The Morgan fingerprint density at radius 1 is 1.11 bits per heavy atom. The summed E-state index contributed by atoms with van der Waals surface area (Å²) in [5.74, 6) is -2.13. The molecule has 0 aliphatic carbocycles. The Morgan fingerprint density at radius 3 is 1.67 bits per heavy atom. The first-order chi connectivity index (χ1) is 8.52. The zero-order valence-electron chi connectivity index (χ0n) is 10.2. The van der Waals surface area contributed by atoms with Gasteiger partial charge in [-0.3, -0.25) is 0 Å². The first-order valence-electron chi connectivity index (χ1n) is 5.37. The molecule has 0 saturated carbocycles. The molecular formula is C14H16O4. The highest BCUT2D eigenvalue weighted by Gasteiger charge is 2.04. The molecule has 1 rings (SSSR count). The SMILES string of the molecule is C=CC=CCC.O=C(O)c1ccc(C(=O)O)cc1. The maximum absolute atomic E-state index is 10.3. The molecule has 0 unspecified atom stereocenters. The lowest BCUT2D eigenvalue weighted by molar-refractivity contribution is 0.0681. The van der Waals surface area contributed by atoms with Gasteiger partial charge in [-0.05, 0) is 30.7 Å². The van der Waals surface area contributed by atoms with E-state index in [-0.39, 0.29) is 11.1 Å². The highest BCUT2D eigenvalue weighted by atomic mass is 16.4. The molecular weight excluding hydrogens is 232 g/mol. The Balaban J connectivity index is 0.000000411. The van der Waals surface area contributed by atoms with E-state index in [2.05, 4.69) is 19.6 Å². The van der Waals surface area contributed by atoms with Crippen LogP contribution in [0.25, 0.3) is 0 Å². The van der Waals surface area contributed by atoms with Gasteiger partial charge in [0.25, 0.3) is 0 Å². The van der Waals surface area contributed by atoms with E-state index in [4.69, 9.17) is 10.2 Å². The molecule has 0 bridgehead atoms. The highest BCUT2D eigenvalue weighted by Crippen LogP contribution is 2.03. The van der Waals surface area contributed by atoms with Gasteiger partial charge in [-0.2, -0.15) is 0 Å². The second kappa shape index (κ2) is 8.75. The van der Waals surface area contributed by atoms with Gasteiger partial charge in [0.1, 0.15) is 0 Å². The van der Waals surface area contributed by atoms with Crippen molar-refractivity contribution in [1.82, 2.24) is 0 Å². The molecule has 18 heavy (non-hydrogen) atoms. The summed E-state index contributed by atoms with van der Waals surface area (Å²) < 4.78 is 0. The maximum atomic E-state index is 10.3.